The van der Waals surface area contributed by atoms with Gasteiger partial charge in [-0.2, -0.15) is 18.4 Å². The molecule has 3 aromatic heterocycles. The maximum atomic E-state index is 12.7. The van der Waals surface area contributed by atoms with Crippen LogP contribution in [0.3, 0.4) is 0 Å². The van der Waals surface area contributed by atoms with Gasteiger partial charge in [0, 0.05) is 37.7 Å². The molecular weight excluding hydrogens is 457 g/mol. The summed E-state index contributed by atoms with van der Waals surface area (Å²) >= 11 is 0. The van der Waals surface area contributed by atoms with E-state index in [1.807, 2.05) is 6.07 Å². The second kappa shape index (κ2) is 10.0. The van der Waals surface area contributed by atoms with Crippen LogP contribution >= 0.6 is 0 Å². The minimum atomic E-state index is -5.08. The van der Waals surface area contributed by atoms with Crippen LogP contribution in [0, 0.1) is 11.3 Å². The van der Waals surface area contributed by atoms with Crippen molar-refractivity contribution in [3.05, 3.63) is 47.9 Å². The number of nitrogens with zero attached hydrogens (tertiary/aromatic N) is 6. The maximum absolute atomic E-state index is 12.7. The van der Waals surface area contributed by atoms with Crippen LogP contribution in [-0.2, 0) is 4.79 Å². The third-order valence-corrected chi connectivity index (χ3v) is 4.92. The van der Waals surface area contributed by atoms with Crippen molar-refractivity contribution in [1.82, 2.24) is 24.9 Å². The highest BCUT2D eigenvalue weighted by Crippen LogP contribution is 2.20. The summed E-state index contributed by atoms with van der Waals surface area (Å²) in [5.41, 5.74) is 7.21. The van der Waals surface area contributed by atoms with E-state index in [4.69, 9.17) is 20.9 Å². The molecule has 4 N–H and O–H groups in total. The van der Waals surface area contributed by atoms with Gasteiger partial charge < -0.3 is 21.1 Å². The van der Waals surface area contributed by atoms with Crippen LogP contribution in [0.4, 0.5) is 24.8 Å². The molecule has 0 bridgehead atoms. The Morgan fingerprint density at radius 1 is 1.24 bits per heavy atom. The Bertz CT molecular complexity index is 1210. The minimum Gasteiger partial charge on any atom is -0.475 e. The molecule has 0 atom stereocenters. The lowest BCUT2D eigenvalue weighted by Crippen LogP contribution is -2.45. The lowest BCUT2D eigenvalue weighted by molar-refractivity contribution is -0.192. The number of nitrogen functional groups attached to an aromatic ring is 1. The fourth-order valence-electron chi connectivity index (χ4n) is 3.27. The van der Waals surface area contributed by atoms with E-state index in [2.05, 4.69) is 31.4 Å². The highest BCUT2D eigenvalue weighted by molar-refractivity contribution is 6.04. The Hall–Kier alpha value is -4.41. The number of rotatable bonds is 3. The maximum Gasteiger partial charge on any atom is 0.490 e. The molecule has 1 aliphatic rings. The number of nitriles is 1. The van der Waals surface area contributed by atoms with Crippen molar-refractivity contribution < 1.29 is 27.9 Å². The number of pyridine rings is 1. The molecular formula is C20H19F3N8O3. The SMILES string of the molecule is N#Cc1ccc(N2CCC(NC(=O)c3c(N)nn4cccnc34)CC2)nc1.O=C(O)C(F)(F)F. The lowest BCUT2D eigenvalue weighted by atomic mass is 10.0. The number of carbonyl (C=O) groups excluding carboxylic acids is 1. The summed E-state index contributed by atoms with van der Waals surface area (Å²) in [5.74, 6) is -2.00. The molecule has 1 amide bonds. The fourth-order valence-corrected chi connectivity index (χ4v) is 3.27. The van der Waals surface area contributed by atoms with Gasteiger partial charge in [0.1, 0.15) is 17.5 Å². The molecule has 4 rings (SSSR count). The quantitative estimate of drug-likeness (QED) is 0.510. The van der Waals surface area contributed by atoms with E-state index in [0.29, 0.717) is 16.8 Å². The van der Waals surface area contributed by atoms with Gasteiger partial charge in [-0.25, -0.2) is 19.3 Å². The van der Waals surface area contributed by atoms with Gasteiger partial charge in [0.2, 0.25) is 0 Å². The molecule has 3 aromatic rings. The highest BCUT2D eigenvalue weighted by Gasteiger charge is 2.38. The molecule has 0 unspecified atom stereocenters. The van der Waals surface area contributed by atoms with E-state index in [1.165, 1.54) is 4.52 Å². The van der Waals surface area contributed by atoms with Crippen LogP contribution in [0.5, 0.6) is 0 Å². The van der Waals surface area contributed by atoms with Gasteiger partial charge in [-0.15, -0.1) is 5.10 Å². The van der Waals surface area contributed by atoms with Gasteiger partial charge in [-0.1, -0.05) is 0 Å². The van der Waals surface area contributed by atoms with Gasteiger partial charge in [-0.05, 0) is 31.0 Å². The lowest BCUT2D eigenvalue weighted by Gasteiger charge is -2.33. The second-order valence-corrected chi connectivity index (χ2v) is 7.20. The summed E-state index contributed by atoms with van der Waals surface area (Å²) in [6, 6.07) is 7.45. The second-order valence-electron chi connectivity index (χ2n) is 7.20. The van der Waals surface area contributed by atoms with Crippen LogP contribution < -0.4 is 16.0 Å². The third kappa shape index (κ3) is 5.68. The first kappa shape index (κ1) is 24.2. The van der Waals surface area contributed by atoms with Crippen LogP contribution in [0.2, 0.25) is 0 Å². The summed E-state index contributed by atoms with van der Waals surface area (Å²) in [6.45, 7) is 1.54. The van der Waals surface area contributed by atoms with Crippen LogP contribution in [0.15, 0.2) is 36.8 Å². The number of piperidine rings is 1. The zero-order chi connectivity index (χ0) is 24.9. The molecule has 4 heterocycles. The van der Waals surface area contributed by atoms with Crippen molar-refractivity contribution in [2.45, 2.75) is 25.1 Å². The Morgan fingerprint density at radius 3 is 2.47 bits per heavy atom. The number of carbonyl (C=O) groups is 2. The minimum absolute atomic E-state index is 0.0465. The predicted molar refractivity (Wildman–Crippen MR) is 113 cm³/mol. The molecule has 0 aliphatic carbocycles. The zero-order valence-corrected chi connectivity index (χ0v) is 17.5. The normalized spacial score (nSPS) is 14.1. The number of nitrogens with two attached hydrogens (primary N) is 1. The summed E-state index contributed by atoms with van der Waals surface area (Å²) in [7, 11) is 0. The van der Waals surface area contributed by atoms with Gasteiger partial charge in [0.25, 0.3) is 5.91 Å². The molecule has 178 valence electrons. The van der Waals surface area contributed by atoms with Crippen LogP contribution in [0.25, 0.3) is 5.65 Å². The van der Waals surface area contributed by atoms with E-state index in [-0.39, 0.29) is 17.8 Å². The van der Waals surface area contributed by atoms with Crippen molar-refractivity contribution in [2.75, 3.05) is 23.7 Å². The van der Waals surface area contributed by atoms with Gasteiger partial charge in [0.15, 0.2) is 11.5 Å². The van der Waals surface area contributed by atoms with Crippen molar-refractivity contribution in [2.24, 2.45) is 0 Å². The predicted octanol–water partition coefficient (Wildman–Crippen LogP) is 1.61. The number of halogens is 3. The number of amides is 1. The molecule has 11 nitrogen and oxygen atoms in total. The summed E-state index contributed by atoms with van der Waals surface area (Å²) in [6.07, 6.45) is 1.39. The standard InChI is InChI=1S/C18H18N8O.C2HF3O2/c19-10-12-2-3-14(22-11-12)25-8-4-13(5-9-25)23-18(27)15-16(20)24-26-7-1-6-21-17(15)26;3-2(4,5)1(6)7/h1-3,6-7,11,13H,4-5,8-9H2,(H2,20,24)(H,23,27);(H,6,7). The van der Waals surface area contributed by atoms with Crippen molar-refractivity contribution in [3.8, 4) is 6.07 Å². The largest absolute Gasteiger partial charge is 0.490 e. The molecule has 1 fully saturated rings. The molecule has 14 heteroatoms. The van der Waals surface area contributed by atoms with E-state index in [0.717, 1.165) is 31.7 Å². The Labute approximate surface area is 190 Å². The first-order valence-corrected chi connectivity index (χ1v) is 9.91. The number of fused-ring (bicyclic) bond motifs is 1. The monoisotopic (exact) mass is 476 g/mol. The van der Waals surface area contributed by atoms with Gasteiger partial charge >= 0.3 is 12.1 Å². The molecule has 34 heavy (non-hydrogen) atoms. The van der Waals surface area contributed by atoms with Crippen molar-refractivity contribution >= 4 is 29.2 Å². The van der Waals surface area contributed by atoms with Crippen molar-refractivity contribution in [1.29, 1.82) is 5.26 Å². The first-order chi connectivity index (χ1) is 16.1. The number of nitrogens with one attached hydrogen (secondary N) is 1. The van der Waals surface area contributed by atoms with E-state index in [1.54, 1.807) is 30.7 Å². The molecule has 0 aromatic carbocycles. The number of hydrogen-bond acceptors (Lipinski definition) is 8. The smallest absolute Gasteiger partial charge is 0.475 e. The molecule has 1 aliphatic heterocycles. The number of hydrogen-bond donors (Lipinski definition) is 3. The topological polar surface area (TPSA) is 163 Å². The molecule has 0 radical (unpaired) electrons. The number of aliphatic carboxylic acids is 1. The molecule has 1 saturated heterocycles. The number of aromatic nitrogens is 4. The van der Waals surface area contributed by atoms with E-state index < -0.39 is 12.1 Å². The number of anilines is 2. The summed E-state index contributed by atoms with van der Waals surface area (Å²) in [4.78, 5) is 32.3. The van der Waals surface area contributed by atoms with Crippen LogP contribution in [0.1, 0.15) is 28.8 Å². The third-order valence-electron chi connectivity index (χ3n) is 4.92. The van der Waals surface area contributed by atoms with Crippen molar-refractivity contribution in [3.63, 3.8) is 0 Å². The van der Waals surface area contributed by atoms with Gasteiger partial charge in [-0.3, -0.25) is 4.79 Å². The van der Waals surface area contributed by atoms with E-state index >= 15 is 0 Å². The Kier molecular flexibility index (Phi) is 7.15. The molecule has 0 saturated carbocycles. The summed E-state index contributed by atoms with van der Waals surface area (Å²) < 4.78 is 33.2. The Morgan fingerprint density at radius 2 is 1.91 bits per heavy atom. The number of carboxylic acids is 1. The van der Waals surface area contributed by atoms with Crippen LogP contribution in [-0.4, -0.2) is 61.9 Å². The molecule has 0 spiro atoms. The average Bonchev–Trinajstić information content (AvgIpc) is 3.15. The number of carboxylic acid groups (broad SMARTS) is 1. The average molecular weight is 476 g/mol. The zero-order valence-electron chi connectivity index (χ0n) is 17.5. The first-order valence-electron chi connectivity index (χ1n) is 9.91. The number of alkyl halides is 3. The highest BCUT2D eigenvalue weighted by atomic mass is 19.4. The van der Waals surface area contributed by atoms with E-state index in [9.17, 15) is 18.0 Å². The van der Waals surface area contributed by atoms with Gasteiger partial charge in [0.05, 0.1) is 5.56 Å². The fraction of sp³-hybridized carbons (Fsp3) is 0.300. The Balaban J connectivity index is 0.000000406. The summed E-state index contributed by atoms with van der Waals surface area (Å²) in [5, 5.41) is 23.2.